The molecule has 0 radical (unpaired) electrons. The molecule has 4 aromatic rings. The number of hydrogen-bond acceptors (Lipinski definition) is 5. The minimum absolute atomic E-state index is 0.0338. The normalized spacial score (nSPS) is 14.6. The predicted molar refractivity (Wildman–Crippen MR) is 163 cm³/mol. The molecule has 0 aliphatic carbocycles. The molecule has 0 N–H and O–H groups in total. The molecule has 1 aromatic heterocycles. The summed E-state index contributed by atoms with van der Waals surface area (Å²) in [5.41, 5.74) is 4.35. The minimum Gasteiger partial charge on any atom is -0.489 e. The molecule has 0 bridgehead atoms. The zero-order valence-electron chi connectivity index (χ0n) is 23.5. The van der Waals surface area contributed by atoms with Crippen LogP contribution >= 0.6 is 11.6 Å². The summed E-state index contributed by atoms with van der Waals surface area (Å²) < 4.78 is 7.81. The smallest absolute Gasteiger partial charge is 0.271 e. The number of nitrogens with zero attached hydrogens (tertiary/aromatic N) is 4. The van der Waals surface area contributed by atoms with Gasteiger partial charge >= 0.3 is 0 Å². The largest absolute Gasteiger partial charge is 0.489 e. The molecule has 0 saturated carbocycles. The second-order valence-corrected chi connectivity index (χ2v) is 10.8. The lowest BCUT2D eigenvalue weighted by Crippen LogP contribution is -2.44. The molecule has 2 heterocycles. The molecule has 3 aromatic carbocycles. The van der Waals surface area contributed by atoms with E-state index < -0.39 is 11.8 Å². The third-order valence-corrected chi connectivity index (χ3v) is 7.26. The van der Waals surface area contributed by atoms with Gasteiger partial charge in [0.05, 0.1) is 5.69 Å². The second-order valence-electron chi connectivity index (χ2n) is 10.4. The maximum atomic E-state index is 13.6. The fourth-order valence-electron chi connectivity index (χ4n) is 4.76. The van der Waals surface area contributed by atoms with Crippen molar-refractivity contribution in [2.75, 3.05) is 6.54 Å². The van der Waals surface area contributed by atoms with E-state index in [1.165, 1.54) is 0 Å². The topological polar surface area (TPSA) is 88.2 Å². The van der Waals surface area contributed by atoms with Crippen molar-refractivity contribution in [1.82, 2.24) is 14.7 Å². The number of carbonyl (C=O) groups excluding carboxylic acids is 2. The quantitative estimate of drug-likeness (QED) is 0.166. The van der Waals surface area contributed by atoms with Crippen LogP contribution in [0.2, 0.25) is 5.02 Å². The Hall–Kier alpha value is -4.93. The number of benzene rings is 3. The van der Waals surface area contributed by atoms with E-state index in [1.54, 1.807) is 17.7 Å². The number of hydrogen-bond donors (Lipinski definition) is 0. The summed E-state index contributed by atoms with van der Waals surface area (Å²) in [5, 5.41) is 15.3. The molecular formula is C34H29ClN4O3. The van der Waals surface area contributed by atoms with Crippen LogP contribution in [0.15, 0.2) is 102 Å². The van der Waals surface area contributed by atoms with Crippen LogP contribution < -0.4 is 4.74 Å². The number of carbonyl (C=O) groups is 2. The predicted octanol–water partition coefficient (Wildman–Crippen LogP) is 7.02. The van der Waals surface area contributed by atoms with Gasteiger partial charge in [-0.3, -0.25) is 14.5 Å². The average molecular weight is 577 g/mol. The molecule has 7 nitrogen and oxygen atoms in total. The zero-order chi connectivity index (χ0) is 29.8. The van der Waals surface area contributed by atoms with Crippen molar-refractivity contribution in [2.24, 2.45) is 5.92 Å². The first-order valence-corrected chi connectivity index (χ1v) is 14.0. The first kappa shape index (κ1) is 28.6. The summed E-state index contributed by atoms with van der Waals surface area (Å²) in [7, 11) is 0. The first-order chi connectivity index (χ1) is 20.3. The lowest BCUT2D eigenvalue weighted by atomic mass is 9.92. The van der Waals surface area contributed by atoms with Gasteiger partial charge in [0.25, 0.3) is 11.8 Å². The van der Waals surface area contributed by atoms with Gasteiger partial charge in [-0.2, -0.15) is 10.4 Å². The second kappa shape index (κ2) is 12.3. The maximum Gasteiger partial charge on any atom is 0.271 e. The lowest BCUT2D eigenvalue weighted by Gasteiger charge is -2.28. The number of amides is 2. The Morgan fingerprint density at radius 3 is 2.45 bits per heavy atom. The number of imide groups is 1. The van der Waals surface area contributed by atoms with Crippen molar-refractivity contribution >= 4 is 29.5 Å². The maximum absolute atomic E-state index is 13.6. The fraction of sp³-hybridized carbons (Fsp3) is 0.176. The molecule has 0 spiro atoms. The highest BCUT2D eigenvalue weighted by Gasteiger charge is 2.36. The van der Waals surface area contributed by atoms with Gasteiger partial charge in [-0.05, 0) is 54.8 Å². The number of rotatable bonds is 8. The molecule has 2 amide bonds. The Kier molecular flexibility index (Phi) is 8.37. The standard InChI is InChI=1S/C34H29ClN4O3/c1-22(2)19-38-33(40)29(23(3)30(18-36)34(38)41)17-26-20-39(27-12-5-4-6-13-27)37-32(26)24-11-9-14-28(16-24)42-21-25-10-7-8-15-31(25)35/h4-17,20,22H,19,21H2,1-3H3/b29-17+. The number of nitriles is 1. The van der Waals surface area contributed by atoms with Gasteiger partial charge in [0.1, 0.15) is 29.7 Å². The SMILES string of the molecule is CC1=C(C#N)C(=O)N(CC(C)C)C(=O)/C1=C/c1cn(-c2ccccc2)nc1-c1cccc(OCc2ccccc2Cl)c1. The van der Waals surface area contributed by atoms with Crippen molar-refractivity contribution in [3.05, 3.63) is 118 Å². The molecule has 8 heteroatoms. The van der Waals surface area contributed by atoms with E-state index in [2.05, 4.69) is 0 Å². The highest BCUT2D eigenvalue weighted by Crippen LogP contribution is 2.33. The van der Waals surface area contributed by atoms with Crippen LogP contribution in [0.4, 0.5) is 0 Å². The van der Waals surface area contributed by atoms with Gasteiger partial charge in [0.2, 0.25) is 0 Å². The van der Waals surface area contributed by atoms with E-state index in [9.17, 15) is 14.9 Å². The Balaban J connectivity index is 1.60. The molecular weight excluding hydrogens is 548 g/mol. The van der Waals surface area contributed by atoms with E-state index in [0.29, 0.717) is 34.2 Å². The Labute approximate surface area is 249 Å². The van der Waals surface area contributed by atoms with Crippen molar-refractivity contribution in [2.45, 2.75) is 27.4 Å². The van der Waals surface area contributed by atoms with Crippen LogP contribution in [-0.2, 0) is 16.2 Å². The van der Waals surface area contributed by atoms with E-state index in [1.807, 2.05) is 105 Å². The van der Waals surface area contributed by atoms with Gasteiger partial charge in [-0.15, -0.1) is 0 Å². The highest BCUT2D eigenvalue weighted by molar-refractivity contribution is 6.31. The molecule has 0 fully saturated rings. The van der Waals surface area contributed by atoms with Crippen LogP contribution in [0.3, 0.4) is 0 Å². The number of para-hydroxylation sites is 1. The number of halogens is 1. The third kappa shape index (κ3) is 5.90. The summed E-state index contributed by atoms with van der Waals surface area (Å²) in [6.07, 6.45) is 3.55. The van der Waals surface area contributed by atoms with Crippen LogP contribution in [0.1, 0.15) is 31.9 Å². The zero-order valence-corrected chi connectivity index (χ0v) is 24.3. The molecule has 42 heavy (non-hydrogen) atoms. The van der Waals surface area contributed by atoms with Crippen LogP contribution in [0.5, 0.6) is 5.75 Å². The van der Waals surface area contributed by atoms with Gasteiger partial charge in [0.15, 0.2) is 0 Å². The van der Waals surface area contributed by atoms with Crippen molar-refractivity contribution in [3.8, 4) is 28.8 Å². The molecule has 210 valence electrons. The van der Waals surface area contributed by atoms with Crippen molar-refractivity contribution < 1.29 is 14.3 Å². The van der Waals surface area contributed by atoms with Crippen molar-refractivity contribution in [3.63, 3.8) is 0 Å². The Bertz CT molecular complexity index is 1760. The summed E-state index contributed by atoms with van der Waals surface area (Å²) in [5.74, 6) is -0.317. The van der Waals surface area contributed by atoms with Gasteiger partial charge < -0.3 is 4.74 Å². The molecule has 0 saturated heterocycles. The summed E-state index contributed by atoms with van der Waals surface area (Å²) in [6.45, 7) is 5.99. The third-order valence-electron chi connectivity index (χ3n) is 6.90. The summed E-state index contributed by atoms with van der Waals surface area (Å²) in [4.78, 5) is 27.7. The van der Waals surface area contributed by atoms with Crippen molar-refractivity contribution in [1.29, 1.82) is 5.26 Å². The molecule has 1 aliphatic rings. The van der Waals surface area contributed by atoms with Gasteiger partial charge in [0, 0.05) is 40.0 Å². The number of ether oxygens (including phenoxy) is 1. The molecule has 0 atom stereocenters. The minimum atomic E-state index is -0.561. The Morgan fingerprint density at radius 2 is 1.74 bits per heavy atom. The Morgan fingerprint density at radius 1 is 1.00 bits per heavy atom. The lowest BCUT2D eigenvalue weighted by molar-refractivity contribution is -0.141. The highest BCUT2D eigenvalue weighted by atomic mass is 35.5. The average Bonchev–Trinajstić information content (AvgIpc) is 3.42. The molecule has 1 aliphatic heterocycles. The monoisotopic (exact) mass is 576 g/mol. The van der Waals surface area contributed by atoms with E-state index in [4.69, 9.17) is 21.4 Å². The first-order valence-electron chi connectivity index (χ1n) is 13.6. The van der Waals surface area contributed by atoms with E-state index in [0.717, 1.165) is 21.7 Å². The molecule has 5 rings (SSSR count). The van der Waals surface area contributed by atoms with Gasteiger partial charge in [-0.1, -0.05) is 74.0 Å². The number of aromatic nitrogens is 2. The van der Waals surface area contributed by atoms with E-state index in [-0.39, 0.29) is 23.6 Å². The van der Waals surface area contributed by atoms with E-state index >= 15 is 0 Å². The summed E-state index contributed by atoms with van der Waals surface area (Å²) in [6, 6.07) is 26.7. The summed E-state index contributed by atoms with van der Waals surface area (Å²) >= 11 is 6.31. The van der Waals surface area contributed by atoms with Crippen LogP contribution in [0.25, 0.3) is 23.0 Å². The van der Waals surface area contributed by atoms with Gasteiger partial charge in [-0.25, -0.2) is 4.68 Å². The fourth-order valence-corrected chi connectivity index (χ4v) is 4.95. The molecule has 0 unspecified atom stereocenters. The van der Waals surface area contributed by atoms with Crippen LogP contribution in [0, 0.1) is 17.2 Å². The van der Waals surface area contributed by atoms with Crippen LogP contribution in [-0.4, -0.2) is 33.0 Å².